The third-order valence-electron chi connectivity index (χ3n) is 6.82. The molecule has 1 aliphatic rings. The molecule has 1 aromatic heterocycles. The molecule has 2 aromatic rings. The fourth-order valence-electron chi connectivity index (χ4n) is 4.25. The average molecular weight is 442 g/mol. The van der Waals surface area contributed by atoms with Gasteiger partial charge in [-0.1, -0.05) is 26.0 Å². The molecule has 1 saturated heterocycles. The number of likely N-dealkylation sites (tertiary alicyclic amines) is 1. The molecule has 0 saturated carbocycles. The lowest BCUT2D eigenvalue weighted by Crippen LogP contribution is -2.45. The summed E-state index contributed by atoms with van der Waals surface area (Å²) in [6.07, 6.45) is 1.57. The zero-order chi connectivity index (χ0) is 23.4. The van der Waals surface area contributed by atoms with E-state index in [-0.39, 0.29) is 29.5 Å². The van der Waals surface area contributed by atoms with Gasteiger partial charge in [-0.15, -0.1) is 0 Å². The van der Waals surface area contributed by atoms with Crippen molar-refractivity contribution in [1.82, 2.24) is 14.8 Å². The molecule has 0 bridgehead atoms. The number of hydrogen-bond donors (Lipinski definition) is 1. The van der Waals surface area contributed by atoms with Crippen molar-refractivity contribution >= 4 is 11.7 Å². The van der Waals surface area contributed by atoms with Crippen molar-refractivity contribution in [2.45, 2.75) is 60.0 Å². The van der Waals surface area contributed by atoms with E-state index in [0.717, 1.165) is 48.4 Å². The number of nitrogens with zero attached hydrogens (tertiary/aromatic N) is 2. The Balaban J connectivity index is 1.56. The van der Waals surface area contributed by atoms with E-state index < -0.39 is 0 Å². The molecule has 0 radical (unpaired) electrons. The first kappa shape index (κ1) is 24.2. The van der Waals surface area contributed by atoms with Gasteiger partial charge in [0.25, 0.3) is 0 Å². The quantitative estimate of drug-likeness (QED) is 0.620. The number of carbonyl (C=O) groups is 2. The molecule has 174 valence electrons. The Morgan fingerprint density at radius 2 is 1.72 bits per heavy atom. The van der Waals surface area contributed by atoms with Crippen molar-refractivity contribution in [2.24, 2.45) is 11.8 Å². The van der Waals surface area contributed by atoms with E-state index in [1.807, 2.05) is 26.8 Å². The zero-order valence-electron chi connectivity index (χ0n) is 20.0. The highest BCUT2D eigenvalue weighted by Gasteiger charge is 2.28. The second-order valence-electron chi connectivity index (χ2n) is 9.51. The van der Waals surface area contributed by atoms with Gasteiger partial charge in [0.05, 0.1) is 6.54 Å². The van der Waals surface area contributed by atoms with Gasteiger partial charge in [0.2, 0.25) is 5.91 Å². The first-order valence-electron chi connectivity index (χ1n) is 11.6. The van der Waals surface area contributed by atoms with Crippen molar-refractivity contribution in [3.8, 4) is 0 Å². The Bertz CT molecular complexity index is 941. The first-order chi connectivity index (χ1) is 15.2. The fraction of sp³-hybridized carbons (Fsp3) is 0.538. The molecule has 3 rings (SSSR count). The van der Waals surface area contributed by atoms with Crippen molar-refractivity contribution in [1.29, 1.82) is 0 Å². The number of aromatic nitrogens is 1. The Hall–Kier alpha value is -2.47. The average Bonchev–Trinajstić information content (AvgIpc) is 3.04. The predicted octanol–water partition coefficient (Wildman–Crippen LogP) is 4.35. The molecular weight excluding hydrogens is 405 g/mol. The van der Waals surface area contributed by atoms with Gasteiger partial charge in [-0.2, -0.15) is 0 Å². The molecule has 1 N–H and O–H groups in total. The number of aryl methyl sites for hydroxylation is 1. The molecule has 1 fully saturated rings. The van der Waals surface area contributed by atoms with E-state index in [2.05, 4.69) is 28.6 Å². The predicted molar refractivity (Wildman–Crippen MR) is 125 cm³/mol. The molecule has 1 atom stereocenters. The van der Waals surface area contributed by atoms with Crippen LogP contribution in [0.4, 0.5) is 4.39 Å². The highest BCUT2D eigenvalue weighted by Crippen LogP contribution is 2.21. The number of rotatable bonds is 8. The van der Waals surface area contributed by atoms with Crippen LogP contribution in [0.3, 0.4) is 0 Å². The molecule has 6 heteroatoms. The van der Waals surface area contributed by atoms with Crippen LogP contribution in [0.2, 0.25) is 0 Å². The van der Waals surface area contributed by atoms with Crippen LogP contribution in [0, 0.1) is 31.5 Å². The van der Waals surface area contributed by atoms with Crippen LogP contribution in [0.5, 0.6) is 0 Å². The van der Waals surface area contributed by atoms with Crippen LogP contribution >= 0.6 is 0 Å². The molecule has 0 aliphatic carbocycles. The van der Waals surface area contributed by atoms with Gasteiger partial charge >= 0.3 is 0 Å². The second-order valence-corrected chi connectivity index (χ2v) is 9.51. The van der Waals surface area contributed by atoms with Gasteiger partial charge in [0.15, 0.2) is 5.78 Å². The summed E-state index contributed by atoms with van der Waals surface area (Å²) in [6.45, 7) is 12.7. The molecule has 1 aliphatic heterocycles. The number of hydrogen-bond acceptors (Lipinski definition) is 3. The van der Waals surface area contributed by atoms with Crippen molar-refractivity contribution in [3.05, 3.63) is 58.7 Å². The molecule has 1 amide bonds. The highest BCUT2D eigenvalue weighted by atomic mass is 19.1. The lowest BCUT2D eigenvalue weighted by Gasteiger charge is -2.31. The topological polar surface area (TPSA) is 54.3 Å². The van der Waals surface area contributed by atoms with Crippen LogP contribution in [0.15, 0.2) is 30.3 Å². The Morgan fingerprint density at radius 1 is 1.09 bits per heavy atom. The molecule has 32 heavy (non-hydrogen) atoms. The number of nitrogens with one attached hydrogen (secondary N) is 1. The maximum absolute atomic E-state index is 13.2. The monoisotopic (exact) mass is 441 g/mol. The minimum Gasteiger partial charge on any atom is -0.353 e. The van der Waals surface area contributed by atoms with Crippen molar-refractivity contribution in [2.75, 3.05) is 19.6 Å². The van der Waals surface area contributed by atoms with Crippen LogP contribution in [0.1, 0.15) is 60.9 Å². The first-order valence-corrected chi connectivity index (χ1v) is 11.6. The van der Waals surface area contributed by atoms with Gasteiger partial charge < -0.3 is 9.88 Å². The number of ketones is 1. The minimum atomic E-state index is -0.249. The van der Waals surface area contributed by atoms with Crippen LogP contribution in [0.25, 0.3) is 0 Å². The summed E-state index contributed by atoms with van der Waals surface area (Å²) in [5, 5.41) is 3.12. The number of piperidine rings is 1. The SMILES string of the molecule is Cc1cc(C(=O)CN2CCC(C(=O)NC(C)C(C)C)CC2)c(C)n1Cc1ccc(F)cc1. The Morgan fingerprint density at radius 3 is 2.31 bits per heavy atom. The Labute approximate surface area is 191 Å². The molecule has 5 nitrogen and oxygen atoms in total. The standard InChI is InChI=1S/C26H36FN3O2/c1-17(2)19(4)28-26(32)22-10-12-29(13-11-22)16-25(31)24-14-18(3)30(20(24)5)15-21-6-8-23(27)9-7-21/h6-9,14,17,19,22H,10-13,15-16H2,1-5H3,(H,28,32). The zero-order valence-corrected chi connectivity index (χ0v) is 20.0. The summed E-state index contributed by atoms with van der Waals surface area (Å²) in [5.74, 6) is 0.449. The number of halogens is 1. The summed E-state index contributed by atoms with van der Waals surface area (Å²) in [7, 11) is 0. The summed E-state index contributed by atoms with van der Waals surface area (Å²) in [5.41, 5.74) is 3.70. The minimum absolute atomic E-state index is 0.0309. The van der Waals surface area contributed by atoms with Crippen molar-refractivity contribution in [3.63, 3.8) is 0 Å². The molecule has 0 spiro atoms. The lowest BCUT2D eigenvalue weighted by atomic mass is 9.94. The fourth-order valence-corrected chi connectivity index (χ4v) is 4.25. The summed E-state index contributed by atoms with van der Waals surface area (Å²) in [4.78, 5) is 27.7. The smallest absolute Gasteiger partial charge is 0.223 e. The van der Waals surface area contributed by atoms with Gasteiger partial charge in [-0.3, -0.25) is 14.5 Å². The third-order valence-corrected chi connectivity index (χ3v) is 6.82. The number of amides is 1. The van der Waals surface area contributed by atoms with Gasteiger partial charge in [0, 0.05) is 35.5 Å². The van der Waals surface area contributed by atoms with Gasteiger partial charge in [0.1, 0.15) is 5.82 Å². The highest BCUT2D eigenvalue weighted by molar-refractivity contribution is 5.99. The van der Waals surface area contributed by atoms with Gasteiger partial charge in [-0.05, 0) is 76.4 Å². The number of Topliss-reactive ketones (excluding diaryl/α,β-unsaturated/α-hetero) is 1. The summed E-state index contributed by atoms with van der Waals surface area (Å²) >= 11 is 0. The van der Waals surface area contributed by atoms with E-state index in [0.29, 0.717) is 19.0 Å². The van der Waals surface area contributed by atoms with E-state index in [4.69, 9.17) is 0 Å². The van der Waals surface area contributed by atoms with Crippen LogP contribution < -0.4 is 5.32 Å². The lowest BCUT2D eigenvalue weighted by molar-refractivity contribution is -0.127. The molecule has 1 aromatic carbocycles. The maximum atomic E-state index is 13.2. The molecular formula is C26H36FN3O2. The van der Waals surface area contributed by atoms with E-state index >= 15 is 0 Å². The summed E-state index contributed by atoms with van der Waals surface area (Å²) in [6, 6.07) is 8.60. The summed E-state index contributed by atoms with van der Waals surface area (Å²) < 4.78 is 15.3. The van der Waals surface area contributed by atoms with Crippen molar-refractivity contribution < 1.29 is 14.0 Å². The van der Waals surface area contributed by atoms with E-state index in [1.54, 1.807) is 12.1 Å². The van der Waals surface area contributed by atoms with Crippen LogP contribution in [-0.4, -0.2) is 46.8 Å². The second kappa shape index (κ2) is 10.4. The maximum Gasteiger partial charge on any atom is 0.223 e. The van der Waals surface area contributed by atoms with E-state index in [1.165, 1.54) is 12.1 Å². The largest absolute Gasteiger partial charge is 0.353 e. The Kier molecular flexibility index (Phi) is 7.88. The molecule has 2 heterocycles. The number of benzene rings is 1. The number of carbonyl (C=O) groups excluding carboxylic acids is 2. The van der Waals surface area contributed by atoms with Gasteiger partial charge in [-0.25, -0.2) is 4.39 Å². The normalized spacial score (nSPS) is 16.3. The van der Waals surface area contributed by atoms with Crippen LogP contribution in [-0.2, 0) is 11.3 Å². The molecule has 1 unspecified atom stereocenters. The van der Waals surface area contributed by atoms with E-state index in [9.17, 15) is 14.0 Å². The third kappa shape index (κ3) is 5.85.